The Labute approximate surface area is 124 Å². The molecule has 0 N–H and O–H groups in total. The van der Waals surface area contributed by atoms with Crippen LogP contribution < -0.4 is 5.11 Å². The first kappa shape index (κ1) is 13.6. The number of hydrogen-bond acceptors (Lipinski definition) is 2. The topological polar surface area (TPSA) is 38.4 Å². The number of hydrogen-bond donors (Lipinski definition) is 0. The molecule has 1 aliphatic rings. The maximum absolute atomic E-state index is 12.1. The third-order valence-electron chi connectivity index (χ3n) is 3.69. The standard InChI is InChI=1S/C18H18N2O/c1-18(2)13-20(19-17(18)21)16(14-9-5-3-6-10-14)15-11-7-4-8-12-15/h3-12H,13H2,1-2H3. The average Bonchev–Trinajstić information content (AvgIpc) is 2.75. The van der Waals surface area contributed by atoms with E-state index in [0.717, 1.165) is 16.8 Å². The third kappa shape index (κ3) is 2.59. The Bertz CT molecular complexity index is 659. The Kier molecular flexibility index (Phi) is 3.34. The second kappa shape index (κ2) is 5.17. The summed E-state index contributed by atoms with van der Waals surface area (Å²) < 4.78 is 1.84. The van der Waals surface area contributed by atoms with Crippen LogP contribution >= 0.6 is 0 Å². The van der Waals surface area contributed by atoms with Crippen molar-refractivity contribution in [3.63, 3.8) is 0 Å². The summed E-state index contributed by atoms with van der Waals surface area (Å²) in [5, 5.41) is 16.3. The fourth-order valence-electron chi connectivity index (χ4n) is 2.51. The molecule has 0 amide bonds. The fraction of sp³-hybridized carbons (Fsp3) is 0.222. The summed E-state index contributed by atoms with van der Waals surface area (Å²) in [5.41, 5.74) is 2.68. The Morgan fingerprint density at radius 3 is 1.81 bits per heavy atom. The molecule has 2 aromatic carbocycles. The van der Waals surface area contributed by atoms with Gasteiger partial charge in [0.15, 0.2) is 6.54 Å². The molecule has 106 valence electrons. The van der Waals surface area contributed by atoms with E-state index in [0.29, 0.717) is 6.54 Å². The lowest BCUT2D eigenvalue weighted by Crippen LogP contribution is -2.34. The van der Waals surface area contributed by atoms with Crippen molar-refractivity contribution in [2.75, 3.05) is 6.54 Å². The van der Waals surface area contributed by atoms with Crippen LogP contribution in [0, 0.1) is 5.41 Å². The molecule has 0 radical (unpaired) electrons. The van der Waals surface area contributed by atoms with Gasteiger partial charge in [-0.3, -0.25) is 0 Å². The molecule has 0 unspecified atom stereocenters. The minimum atomic E-state index is -0.436. The van der Waals surface area contributed by atoms with Crippen molar-refractivity contribution in [2.45, 2.75) is 13.8 Å². The third-order valence-corrected chi connectivity index (χ3v) is 3.69. The van der Waals surface area contributed by atoms with Crippen molar-refractivity contribution in [1.29, 1.82) is 0 Å². The molecule has 3 rings (SSSR count). The first-order valence-electron chi connectivity index (χ1n) is 7.09. The number of rotatable bonds is 2. The van der Waals surface area contributed by atoms with Crippen LogP contribution in [-0.4, -0.2) is 22.8 Å². The molecule has 0 aromatic heterocycles. The Morgan fingerprint density at radius 2 is 1.43 bits per heavy atom. The van der Waals surface area contributed by atoms with E-state index >= 15 is 0 Å². The summed E-state index contributed by atoms with van der Waals surface area (Å²) in [7, 11) is 0. The van der Waals surface area contributed by atoms with Gasteiger partial charge in [0, 0.05) is 17.0 Å². The molecule has 0 aliphatic carbocycles. The normalized spacial score (nSPS) is 16.7. The summed E-state index contributed by atoms with van der Waals surface area (Å²) in [4.78, 5) is 0. The van der Waals surface area contributed by atoms with Gasteiger partial charge in [-0.2, -0.15) is 0 Å². The van der Waals surface area contributed by atoms with Crippen LogP contribution in [0.25, 0.3) is 0 Å². The van der Waals surface area contributed by atoms with E-state index in [9.17, 15) is 5.11 Å². The van der Waals surface area contributed by atoms with Gasteiger partial charge >= 0.3 is 0 Å². The molecule has 3 nitrogen and oxygen atoms in total. The molecular weight excluding hydrogens is 260 g/mol. The summed E-state index contributed by atoms with van der Waals surface area (Å²) >= 11 is 0. The highest BCUT2D eigenvalue weighted by Gasteiger charge is 2.36. The summed E-state index contributed by atoms with van der Waals surface area (Å²) in [5.74, 6) is -0.0631. The Morgan fingerprint density at radius 1 is 0.952 bits per heavy atom. The lowest BCUT2D eigenvalue weighted by Gasteiger charge is -2.17. The highest BCUT2D eigenvalue weighted by atomic mass is 16.3. The van der Waals surface area contributed by atoms with Crippen molar-refractivity contribution >= 4 is 11.6 Å². The second-order valence-corrected chi connectivity index (χ2v) is 5.93. The monoisotopic (exact) mass is 278 g/mol. The Balaban J connectivity index is 2.20. The summed E-state index contributed by atoms with van der Waals surface area (Å²) in [6, 6.07) is 20.2. The zero-order valence-electron chi connectivity index (χ0n) is 12.3. The summed E-state index contributed by atoms with van der Waals surface area (Å²) in [6.45, 7) is 4.48. The van der Waals surface area contributed by atoms with E-state index in [1.165, 1.54) is 0 Å². The predicted octanol–water partition coefficient (Wildman–Crippen LogP) is 2.25. The molecule has 0 atom stereocenters. The molecule has 0 spiro atoms. The van der Waals surface area contributed by atoms with Crippen molar-refractivity contribution in [1.82, 2.24) is 0 Å². The highest BCUT2D eigenvalue weighted by molar-refractivity contribution is 6.09. The van der Waals surface area contributed by atoms with Crippen LogP contribution in [-0.2, 0) is 0 Å². The smallest absolute Gasteiger partial charge is 0.246 e. The molecule has 1 aliphatic heterocycles. The first-order chi connectivity index (χ1) is 10.1. The lowest BCUT2D eigenvalue weighted by molar-refractivity contribution is -0.531. The lowest BCUT2D eigenvalue weighted by atomic mass is 9.94. The van der Waals surface area contributed by atoms with Gasteiger partial charge in [-0.05, 0) is 43.2 Å². The van der Waals surface area contributed by atoms with E-state index < -0.39 is 5.41 Å². The quantitative estimate of drug-likeness (QED) is 0.776. The van der Waals surface area contributed by atoms with Gasteiger partial charge in [0.05, 0.1) is 5.41 Å². The zero-order valence-corrected chi connectivity index (χ0v) is 12.3. The maximum atomic E-state index is 12.1. The van der Waals surface area contributed by atoms with Gasteiger partial charge in [-0.25, -0.2) is 0 Å². The number of hydrazone groups is 1. The molecule has 0 saturated carbocycles. The van der Waals surface area contributed by atoms with Crippen LogP contribution in [0.4, 0.5) is 0 Å². The van der Waals surface area contributed by atoms with Crippen LogP contribution in [0.5, 0.6) is 0 Å². The van der Waals surface area contributed by atoms with Gasteiger partial charge in [0.1, 0.15) is 0 Å². The van der Waals surface area contributed by atoms with E-state index in [2.05, 4.69) is 5.10 Å². The van der Waals surface area contributed by atoms with Crippen molar-refractivity contribution in [3.8, 4) is 0 Å². The first-order valence-corrected chi connectivity index (χ1v) is 7.09. The zero-order chi connectivity index (χ0) is 14.9. The number of benzene rings is 2. The van der Waals surface area contributed by atoms with Gasteiger partial charge in [0.25, 0.3) is 0 Å². The van der Waals surface area contributed by atoms with Crippen molar-refractivity contribution in [3.05, 3.63) is 71.8 Å². The van der Waals surface area contributed by atoms with Crippen LogP contribution in [0.2, 0.25) is 0 Å². The molecule has 2 aromatic rings. The SMILES string of the molecule is CC1(C)C[N+](=C(c2ccccc2)c2ccccc2)N=C1[O-]. The maximum Gasteiger partial charge on any atom is 0.246 e. The highest BCUT2D eigenvalue weighted by Crippen LogP contribution is 2.23. The predicted molar refractivity (Wildman–Crippen MR) is 82.4 cm³/mol. The largest absolute Gasteiger partial charge is 0.857 e. The molecular formula is C18H18N2O. The minimum absolute atomic E-state index is 0.0631. The van der Waals surface area contributed by atoms with Gasteiger partial charge in [-0.15, -0.1) is 0 Å². The fourth-order valence-corrected chi connectivity index (χ4v) is 2.51. The Hall–Kier alpha value is -2.42. The van der Waals surface area contributed by atoms with Gasteiger partial charge in [0.2, 0.25) is 5.71 Å². The molecule has 1 heterocycles. The molecule has 21 heavy (non-hydrogen) atoms. The van der Waals surface area contributed by atoms with Crippen molar-refractivity contribution < 1.29 is 9.79 Å². The van der Waals surface area contributed by atoms with E-state index in [-0.39, 0.29) is 5.90 Å². The van der Waals surface area contributed by atoms with Crippen molar-refractivity contribution in [2.24, 2.45) is 10.5 Å². The van der Waals surface area contributed by atoms with E-state index in [1.807, 2.05) is 79.2 Å². The molecule has 3 heteroatoms. The molecule has 0 fully saturated rings. The minimum Gasteiger partial charge on any atom is -0.857 e. The van der Waals surface area contributed by atoms with Gasteiger partial charge in [-0.1, -0.05) is 41.1 Å². The molecule has 0 bridgehead atoms. The number of nitrogens with zero attached hydrogens (tertiary/aromatic N) is 2. The second-order valence-electron chi connectivity index (χ2n) is 5.93. The van der Waals surface area contributed by atoms with Crippen LogP contribution in [0.3, 0.4) is 0 Å². The van der Waals surface area contributed by atoms with E-state index in [4.69, 9.17) is 0 Å². The van der Waals surface area contributed by atoms with E-state index in [1.54, 1.807) is 0 Å². The van der Waals surface area contributed by atoms with Gasteiger partial charge < -0.3 is 5.11 Å². The summed E-state index contributed by atoms with van der Waals surface area (Å²) in [6.07, 6.45) is 0. The van der Waals surface area contributed by atoms with Crippen LogP contribution in [0.1, 0.15) is 25.0 Å². The van der Waals surface area contributed by atoms with Crippen LogP contribution in [0.15, 0.2) is 65.8 Å². The average molecular weight is 278 g/mol. The molecule has 0 saturated heterocycles.